The standard InChI is InChI=1S/C11H17ClN2O/c1-8-6-11(10(13)7-9(8)12)14-4-3-5-15-2/h6-7,14H,3-5,13H2,1-2H3. The molecule has 1 rings (SSSR count). The summed E-state index contributed by atoms with van der Waals surface area (Å²) in [4.78, 5) is 0. The zero-order valence-electron chi connectivity index (χ0n) is 9.14. The lowest BCUT2D eigenvalue weighted by molar-refractivity contribution is 0.198. The molecule has 0 aliphatic carbocycles. The van der Waals surface area contributed by atoms with Gasteiger partial charge in [-0.05, 0) is 31.0 Å². The van der Waals surface area contributed by atoms with Crippen molar-refractivity contribution in [3.05, 3.63) is 22.7 Å². The Hall–Kier alpha value is -0.930. The first-order chi connectivity index (χ1) is 7.15. The molecule has 0 unspecified atom stereocenters. The molecule has 0 fully saturated rings. The van der Waals surface area contributed by atoms with Crippen molar-refractivity contribution in [3.8, 4) is 0 Å². The Morgan fingerprint density at radius 1 is 1.47 bits per heavy atom. The van der Waals surface area contributed by atoms with Gasteiger partial charge in [-0.2, -0.15) is 0 Å². The first-order valence-electron chi connectivity index (χ1n) is 4.93. The molecular formula is C11H17ClN2O. The van der Waals surface area contributed by atoms with E-state index in [1.54, 1.807) is 13.2 Å². The van der Waals surface area contributed by atoms with Gasteiger partial charge in [-0.1, -0.05) is 11.6 Å². The minimum atomic E-state index is 0.683. The topological polar surface area (TPSA) is 47.3 Å². The van der Waals surface area contributed by atoms with Crippen LogP contribution in [-0.4, -0.2) is 20.3 Å². The van der Waals surface area contributed by atoms with Crippen LogP contribution in [0.15, 0.2) is 12.1 Å². The van der Waals surface area contributed by atoms with Crippen LogP contribution in [0.1, 0.15) is 12.0 Å². The van der Waals surface area contributed by atoms with Crippen molar-refractivity contribution in [1.82, 2.24) is 0 Å². The molecule has 0 bridgehead atoms. The van der Waals surface area contributed by atoms with Crippen LogP contribution in [0.5, 0.6) is 0 Å². The number of rotatable bonds is 5. The number of nitrogen functional groups attached to an aromatic ring is 1. The van der Waals surface area contributed by atoms with Gasteiger partial charge in [0.2, 0.25) is 0 Å². The maximum Gasteiger partial charge on any atom is 0.0577 e. The largest absolute Gasteiger partial charge is 0.397 e. The van der Waals surface area contributed by atoms with Crippen molar-refractivity contribution >= 4 is 23.0 Å². The maximum absolute atomic E-state index is 5.94. The van der Waals surface area contributed by atoms with Crippen molar-refractivity contribution in [3.63, 3.8) is 0 Å². The van der Waals surface area contributed by atoms with Crippen LogP contribution in [-0.2, 0) is 4.74 Å². The van der Waals surface area contributed by atoms with Gasteiger partial charge in [0, 0.05) is 25.3 Å². The van der Waals surface area contributed by atoms with Gasteiger partial charge in [0.1, 0.15) is 0 Å². The summed E-state index contributed by atoms with van der Waals surface area (Å²) in [5.41, 5.74) is 8.48. The molecule has 0 radical (unpaired) electrons. The van der Waals surface area contributed by atoms with Gasteiger partial charge < -0.3 is 15.8 Å². The number of anilines is 2. The maximum atomic E-state index is 5.94. The fourth-order valence-corrected chi connectivity index (χ4v) is 1.46. The van der Waals surface area contributed by atoms with Crippen molar-refractivity contribution in [1.29, 1.82) is 0 Å². The molecule has 3 N–H and O–H groups in total. The quantitative estimate of drug-likeness (QED) is 0.602. The molecule has 15 heavy (non-hydrogen) atoms. The average Bonchev–Trinajstić information content (AvgIpc) is 2.20. The summed E-state index contributed by atoms with van der Waals surface area (Å²) in [5, 5.41) is 3.96. The van der Waals surface area contributed by atoms with Gasteiger partial charge in [0.25, 0.3) is 0 Å². The number of benzene rings is 1. The minimum absolute atomic E-state index is 0.683. The third-order valence-electron chi connectivity index (χ3n) is 2.17. The van der Waals surface area contributed by atoms with Crippen LogP contribution in [0.4, 0.5) is 11.4 Å². The molecule has 0 atom stereocenters. The van der Waals surface area contributed by atoms with E-state index >= 15 is 0 Å². The molecule has 0 saturated carbocycles. The second-order valence-corrected chi connectivity index (χ2v) is 3.87. The Kier molecular flexibility index (Phi) is 4.72. The highest BCUT2D eigenvalue weighted by Crippen LogP contribution is 2.26. The molecule has 4 heteroatoms. The summed E-state index contributed by atoms with van der Waals surface area (Å²) in [5.74, 6) is 0. The summed E-state index contributed by atoms with van der Waals surface area (Å²) in [6.07, 6.45) is 0.956. The smallest absolute Gasteiger partial charge is 0.0577 e. The fourth-order valence-electron chi connectivity index (χ4n) is 1.29. The Morgan fingerprint density at radius 3 is 2.87 bits per heavy atom. The highest BCUT2D eigenvalue weighted by atomic mass is 35.5. The van der Waals surface area contributed by atoms with Crippen LogP contribution in [0, 0.1) is 6.92 Å². The number of aryl methyl sites for hydroxylation is 1. The van der Waals surface area contributed by atoms with E-state index in [-0.39, 0.29) is 0 Å². The average molecular weight is 229 g/mol. The highest BCUT2D eigenvalue weighted by Gasteiger charge is 2.02. The minimum Gasteiger partial charge on any atom is -0.397 e. The Bertz CT molecular complexity index is 329. The predicted octanol–water partition coefficient (Wildman–Crippen LogP) is 2.68. The first kappa shape index (κ1) is 12.1. The zero-order valence-corrected chi connectivity index (χ0v) is 9.90. The number of ether oxygens (including phenoxy) is 1. The van der Waals surface area contributed by atoms with E-state index in [4.69, 9.17) is 22.1 Å². The highest BCUT2D eigenvalue weighted by molar-refractivity contribution is 6.31. The molecular weight excluding hydrogens is 212 g/mol. The van der Waals surface area contributed by atoms with Crippen molar-refractivity contribution < 1.29 is 4.74 Å². The normalized spacial score (nSPS) is 10.3. The Morgan fingerprint density at radius 2 is 2.20 bits per heavy atom. The van der Waals surface area contributed by atoms with E-state index in [9.17, 15) is 0 Å². The number of methoxy groups -OCH3 is 1. The predicted molar refractivity (Wildman–Crippen MR) is 65.6 cm³/mol. The van der Waals surface area contributed by atoms with Crippen molar-refractivity contribution in [2.75, 3.05) is 31.3 Å². The Balaban J connectivity index is 2.57. The van der Waals surface area contributed by atoms with Crippen LogP contribution >= 0.6 is 11.6 Å². The SMILES string of the molecule is COCCCNc1cc(C)c(Cl)cc1N. The molecule has 0 saturated heterocycles. The Labute approximate surface area is 95.6 Å². The zero-order chi connectivity index (χ0) is 11.3. The molecule has 84 valence electrons. The summed E-state index contributed by atoms with van der Waals surface area (Å²) in [7, 11) is 1.70. The summed E-state index contributed by atoms with van der Waals surface area (Å²) >= 11 is 5.94. The second-order valence-electron chi connectivity index (χ2n) is 3.46. The summed E-state index contributed by atoms with van der Waals surface area (Å²) in [6, 6.07) is 3.74. The van der Waals surface area contributed by atoms with E-state index in [0.29, 0.717) is 10.7 Å². The van der Waals surface area contributed by atoms with Crippen LogP contribution in [0.25, 0.3) is 0 Å². The molecule has 0 amide bonds. The van der Waals surface area contributed by atoms with Crippen molar-refractivity contribution in [2.24, 2.45) is 0 Å². The van der Waals surface area contributed by atoms with Gasteiger partial charge in [-0.15, -0.1) is 0 Å². The molecule has 1 aromatic rings. The van der Waals surface area contributed by atoms with Crippen molar-refractivity contribution in [2.45, 2.75) is 13.3 Å². The lowest BCUT2D eigenvalue weighted by Gasteiger charge is -2.11. The molecule has 0 heterocycles. The van der Waals surface area contributed by atoms with E-state index in [1.165, 1.54) is 0 Å². The van der Waals surface area contributed by atoms with Gasteiger partial charge in [0.05, 0.1) is 11.4 Å². The fraction of sp³-hybridized carbons (Fsp3) is 0.455. The van der Waals surface area contributed by atoms with E-state index in [1.807, 2.05) is 13.0 Å². The van der Waals surface area contributed by atoms with E-state index in [2.05, 4.69) is 5.32 Å². The van der Waals surface area contributed by atoms with Gasteiger partial charge in [-0.25, -0.2) is 0 Å². The van der Waals surface area contributed by atoms with E-state index < -0.39 is 0 Å². The van der Waals surface area contributed by atoms with Crippen LogP contribution < -0.4 is 11.1 Å². The van der Waals surface area contributed by atoms with Gasteiger partial charge in [-0.3, -0.25) is 0 Å². The van der Waals surface area contributed by atoms with Gasteiger partial charge >= 0.3 is 0 Å². The van der Waals surface area contributed by atoms with Crippen LogP contribution in [0.2, 0.25) is 5.02 Å². The van der Waals surface area contributed by atoms with Gasteiger partial charge in [0.15, 0.2) is 0 Å². The first-order valence-corrected chi connectivity index (χ1v) is 5.31. The van der Waals surface area contributed by atoms with Crippen LogP contribution in [0.3, 0.4) is 0 Å². The second kappa shape index (κ2) is 5.83. The lowest BCUT2D eigenvalue weighted by atomic mass is 10.2. The molecule has 0 aliphatic heterocycles. The number of nitrogens with two attached hydrogens (primary N) is 1. The molecule has 1 aromatic carbocycles. The number of nitrogens with one attached hydrogen (secondary N) is 1. The third-order valence-corrected chi connectivity index (χ3v) is 2.58. The number of halogens is 1. The summed E-state index contributed by atoms with van der Waals surface area (Å²) in [6.45, 7) is 3.56. The lowest BCUT2D eigenvalue weighted by Crippen LogP contribution is -2.06. The summed E-state index contributed by atoms with van der Waals surface area (Å²) < 4.78 is 4.96. The third kappa shape index (κ3) is 3.61. The number of hydrogen-bond donors (Lipinski definition) is 2. The molecule has 3 nitrogen and oxygen atoms in total. The van der Waals surface area contributed by atoms with E-state index in [0.717, 1.165) is 30.8 Å². The molecule has 0 aliphatic rings. The monoisotopic (exact) mass is 228 g/mol. The molecule has 0 aromatic heterocycles. The molecule has 0 spiro atoms. The number of hydrogen-bond acceptors (Lipinski definition) is 3.